The Morgan fingerprint density at radius 2 is 1.50 bits per heavy atom. The van der Waals surface area contributed by atoms with Crippen LogP contribution in [0.2, 0.25) is 5.02 Å². The smallest absolute Gasteiger partial charge is 0.319 e. The monoisotopic (exact) mass is 401 g/mol. The third kappa shape index (κ3) is 7.24. The normalized spacial score (nSPS) is 11.8. The fraction of sp³-hybridized carbons (Fsp3) is 0.364. The predicted molar refractivity (Wildman–Crippen MR) is 115 cm³/mol. The average molecular weight is 402 g/mol. The molecule has 1 unspecified atom stereocenters. The molecule has 0 aliphatic carbocycles. The number of hydrogen-bond acceptors (Lipinski definition) is 2. The Morgan fingerprint density at radius 3 is 2.11 bits per heavy atom. The number of benzene rings is 2. The van der Waals surface area contributed by atoms with Crippen LogP contribution in [0, 0.1) is 5.92 Å². The minimum atomic E-state index is -0.328. The molecule has 28 heavy (non-hydrogen) atoms. The maximum absolute atomic E-state index is 12.3. The van der Waals surface area contributed by atoms with Crippen molar-refractivity contribution < 1.29 is 9.59 Å². The first-order valence-electron chi connectivity index (χ1n) is 9.52. The minimum absolute atomic E-state index is 0.0588. The molecule has 0 aromatic heterocycles. The molecule has 6 heteroatoms. The van der Waals surface area contributed by atoms with Crippen LogP contribution in [-0.2, 0) is 11.2 Å². The van der Waals surface area contributed by atoms with Gasteiger partial charge in [0.2, 0.25) is 5.91 Å². The van der Waals surface area contributed by atoms with E-state index in [-0.39, 0.29) is 17.9 Å². The maximum atomic E-state index is 12.3. The van der Waals surface area contributed by atoms with E-state index in [2.05, 4.69) is 41.9 Å². The number of rotatable bonds is 8. The molecule has 0 spiro atoms. The Balaban J connectivity index is 1.71. The van der Waals surface area contributed by atoms with Gasteiger partial charge in [0, 0.05) is 23.8 Å². The second-order valence-electron chi connectivity index (χ2n) is 7.24. The van der Waals surface area contributed by atoms with Crippen LogP contribution in [0.3, 0.4) is 0 Å². The molecule has 0 fully saturated rings. The van der Waals surface area contributed by atoms with Crippen molar-refractivity contribution in [2.75, 3.05) is 18.4 Å². The lowest BCUT2D eigenvalue weighted by molar-refractivity contribution is -0.122. The van der Waals surface area contributed by atoms with Crippen LogP contribution in [0.1, 0.15) is 37.8 Å². The van der Waals surface area contributed by atoms with Gasteiger partial charge in [-0.1, -0.05) is 49.7 Å². The highest BCUT2D eigenvalue weighted by atomic mass is 35.5. The molecule has 150 valence electrons. The van der Waals surface area contributed by atoms with Crippen molar-refractivity contribution in [1.82, 2.24) is 10.6 Å². The van der Waals surface area contributed by atoms with Gasteiger partial charge in [-0.05, 0) is 54.7 Å². The first-order chi connectivity index (χ1) is 13.3. The molecule has 3 amide bonds. The molecule has 5 nitrogen and oxygen atoms in total. The zero-order valence-corrected chi connectivity index (χ0v) is 17.3. The SMILES string of the molecule is CC(C)Cc1ccc(C(C)C(=O)NCCNC(=O)Nc2ccc(Cl)cc2)cc1. The van der Waals surface area contributed by atoms with Gasteiger partial charge in [0.05, 0.1) is 5.92 Å². The van der Waals surface area contributed by atoms with Gasteiger partial charge < -0.3 is 16.0 Å². The van der Waals surface area contributed by atoms with E-state index in [9.17, 15) is 9.59 Å². The molecule has 0 saturated heterocycles. The Bertz CT molecular complexity index is 773. The van der Waals surface area contributed by atoms with Crippen LogP contribution >= 0.6 is 11.6 Å². The van der Waals surface area contributed by atoms with Gasteiger partial charge in [-0.3, -0.25) is 4.79 Å². The first kappa shape index (κ1) is 21.8. The molecular weight excluding hydrogens is 374 g/mol. The van der Waals surface area contributed by atoms with Gasteiger partial charge in [-0.2, -0.15) is 0 Å². The first-order valence-corrected chi connectivity index (χ1v) is 9.90. The fourth-order valence-electron chi connectivity index (χ4n) is 2.79. The predicted octanol–water partition coefficient (Wildman–Crippen LogP) is 4.58. The summed E-state index contributed by atoms with van der Waals surface area (Å²) in [5, 5.41) is 8.87. The number of urea groups is 1. The summed E-state index contributed by atoms with van der Waals surface area (Å²) in [5.41, 5.74) is 2.92. The van der Waals surface area contributed by atoms with Crippen molar-refractivity contribution in [3.63, 3.8) is 0 Å². The van der Waals surface area contributed by atoms with Gasteiger partial charge in [0.1, 0.15) is 0 Å². The largest absolute Gasteiger partial charge is 0.354 e. The quantitative estimate of drug-likeness (QED) is 0.566. The molecular formula is C22H28ClN3O2. The van der Waals surface area contributed by atoms with E-state index in [0.29, 0.717) is 29.7 Å². The number of halogens is 1. The summed E-state index contributed by atoms with van der Waals surface area (Å²) in [6.07, 6.45) is 1.03. The minimum Gasteiger partial charge on any atom is -0.354 e. The van der Waals surface area contributed by atoms with Gasteiger partial charge in [-0.15, -0.1) is 0 Å². The van der Waals surface area contributed by atoms with Crippen molar-refractivity contribution in [1.29, 1.82) is 0 Å². The summed E-state index contributed by atoms with van der Waals surface area (Å²) >= 11 is 5.81. The molecule has 0 radical (unpaired) electrons. The lowest BCUT2D eigenvalue weighted by Crippen LogP contribution is -2.38. The van der Waals surface area contributed by atoms with Gasteiger partial charge in [-0.25, -0.2) is 4.79 Å². The Labute approximate surface area is 171 Å². The number of nitrogens with one attached hydrogen (secondary N) is 3. The van der Waals surface area contributed by atoms with E-state index in [1.54, 1.807) is 24.3 Å². The van der Waals surface area contributed by atoms with E-state index < -0.39 is 0 Å². The van der Waals surface area contributed by atoms with E-state index in [4.69, 9.17) is 11.6 Å². The average Bonchev–Trinajstić information content (AvgIpc) is 2.66. The maximum Gasteiger partial charge on any atom is 0.319 e. The molecule has 2 aromatic rings. The Morgan fingerprint density at radius 1 is 0.893 bits per heavy atom. The highest BCUT2D eigenvalue weighted by molar-refractivity contribution is 6.30. The van der Waals surface area contributed by atoms with Crippen LogP contribution in [0.15, 0.2) is 48.5 Å². The van der Waals surface area contributed by atoms with E-state index >= 15 is 0 Å². The van der Waals surface area contributed by atoms with E-state index in [0.717, 1.165) is 12.0 Å². The van der Waals surface area contributed by atoms with Crippen LogP contribution in [0.25, 0.3) is 0 Å². The number of anilines is 1. The van der Waals surface area contributed by atoms with Gasteiger partial charge in [0.25, 0.3) is 0 Å². The highest BCUT2D eigenvalue weighted by Gasteiger charge is 2.14. The number of carbonyl (C=O) groups excluding carboxylic acids is 2. The zero-order chi connectivity index (χ0) is 20.5. The summed E-state index contributed by atoms with van der Waals surface area (Å²) in [6, 6.07) is 14.7. The number of amides is 3. The van der Waals surface area contributed by atoms with Crippen molar-refractivity contribution in [2.45, 2.75) is 33.1 Å². The fourth-order valence-corrected chi connectivity index (χ4v) is 2.91. The third-order valence-electron chi connectivity index (χ3n) is 4.33. The second kappa shape index (κ2) is 10.7. The highest BCUT2D eigenvalue weighted by Crippen LogP contribution is 2.17. The molecule has 0 heterocycles. The summed E-state index contributed by atoms with van der Waals surface area (Å²) in [6.45, 7) is 6.96. The second-order valence-corrected chi connectivity index (χ2v) is 7.68. The van der Waals surface area contributed by atoms with Crippen molar-refractivity contribution in [3.05, 3.63) is 64.7 Å². The molecule has 2 aromatic carbocycles. The Kier molecular flexibility index (Phi) is 8.33. The van der Waals surface area contributed by atoms with Crippen molar-refractivity contribution in [3.8, 4) is 0 Å². The van der Waals surface area contributed by atoms with Crippen LogP contribution < -0.4 is 16.0 Å². The van der Waals surface area contributed by atoms with Gasteiger partial charge >= 0.3 is 6.03 Å². The topological polar surface area (TPSA) is 70.2 Å². The van der Waals surface area contributed by atoms with Crippen LogP contribution in [0.4, 0.5) is 10.5 Å². The lowest BCUT2D eigenvalue weighted by Gasteiger charge is -2.14. The van der Waals surface area contributed by atoms with E-state index in [1.165, 1.54) is 5.56 Å². The Hall–Kier alpha value is -2.53. The molecule has 1 atom stereocenters. The van der Waals surface area contributed by atoms with Crippen molar-refractivity contribution in [2.24, 2.45) is 5.92 Å². The summed E-state index contributed by atoms with van der Waals surface area (Å²) in [4.78, 5) is 24.2. The lowest BCUT2D eigenvalue weighted by atomic mass is 9.96. The molecule has 0 bridgehead atoms. The van der Waals surface area contributed by atoms with Crippen molar-refractivity contribution >= 4 is 29.2 Å². The number of carbonyl (C=O) groups is 2. The molecule has 3 N–H and O–H groups in total. The van der Waals surface area contributed by atoms with Gasteiger partial charge in [0.15, 0.2) is 0 Å². The summed E-state index contributed by atoms with van der Waals surface area (Å²) in [7, 11) is 0. The summed E-state index contributed by atoms with van der Waals surface area (Å²) in [5.74, 6) is 0.309. The molecule has 0 saturated carbocycles. The standard InChI is InChI=1S/C22H28ClN3O2/c1-15(2)14-17-4-6-18(7-5-17)16(3)21(27)24-12-13-25-22(28)26-20-10-8-19(23)9-11-20/h4-11,15-16H,12-14H2,1-3H3,(H,24,27)(H2,25,26,28). The molecule has 2 rings (SSSR count). The number of hydrogen-bond donors (Lipinski definition) is 3. The molecule has 0 aliphatic rings. The van der Waals surface area contributed by atoms with E-state index in [1.807, 2.05) is 19.1 Å². The molecule has 0 aliphatic heterocycles. The van der Waals surface area contributed by atoms with Crippen LogP contribution in [0.5, 0.6) is 0 Å². The third-order valence-corrected chi connectivity index (χ3v) is 4.58. The van der Waals surface area contributed by atoms with Crippen LogP contribution in [-0.4, -0.2) is 25.0 Å². The zero-order valence-electron chi connectivity index (χ0n) is 16.6. The summed E-state index contributed by atoms with van der Waals surface area (Å²) < 4.78 is 0.